The predicted octanol–water partition coefficient (Wildman–Crippen LogP) is 1.30. The second kappa shape index (κ2) is 7.16. The van der Waals surface area contributed by atoms with Crippen LogP contribution in [0, 0.1) is 5.92 Å². The zero-order chi connectivity index (χ0) is 12.7. The van der Waals surface area contributed by atoms with Crippen LogP contribution in [0.2, 0.25) is 0 Å². The van der Waals surface area contributed by atoms with Gasteiger partial charge in [-0.05, 0) is 17.9 Å². The molecule has 1 aromatic heterocycles. The van der Waals surface area contributed by atoms with Crippen LogP contribution in [0.15, 0.2) is 0 Å². The molecular weight excluding hydrogens is 240 g/mol. The Hall–Kier alpha value is -1.24. The smallest absolute Gasteiger partial charge is 0.324 e. The molecule has 17 heavy (non-hydrogen) atoms. The van der Waals surface area contributed by atoms with Crippen LogP contribution in [0.4, 0.5) is 5.95 Å². The lowest BCUT2D eigenvalue weighted by Crippen LogP contribution is -2.15. The van der Waals surface area contributed by atoms with Gasteiger partial charge in [0, 0.05) is 6.54 Å². The SMILES string of the molecule is COc1nc(NCC(C)CSC)nc(OC)n1. The van der Waals surface area contributed by atoms with Crippen molar-refractivity contribution in [2.24, 2.45) is 5.92 Å². The Kier molecular flexibility index (Phi) is 5.82. The largest absolute Gasteiger partial charge is 0.467 e. The minimum Gasteiger partial charge on any atom is -0.467 e. The van der Waals surface area contributed by atoms with Crippen molar-refractivity contribution in [2.75, 3.05) is 38.1 Å². The van der Waals surface area contributed by atoms with E-state index in [0.717, 1.165) is 12.3 Å². The molecule has 1 rings (SSSR count). The Morgan fingerprint density at radius 1 is 1.18 bits per heavy atom. The van der Waals surface area contributed by atoms with Crippen LogP contribution in [0.25, 0.3) is 0 Å². The molecule has 1 aromatic rings. The summed E-state index contributed by atoms with van der Waals surface area (Å²) in [5.41, 5.74) is 0. The molecule has 0 bridgehead atoms. The Morgan fingerprint density at radius 3 is 2.24 bits per heavy atom. The number of hydrogen-bond acceptors (Lipinski definition) is 7. The lowest BCUT2D eigenvalue weighted by molar-refractivity contribution is 0.341. The first-order valence-electron chi connectivity index (χ1n) is 5.26. The van der Waals surface area contributed by atoms with Crippen LogP contribution in [-0.2, 0) is 0 Å². The third-order valence-electron chi connectivity index (χ3n) is 2.02. The molecule has 0 aliphatic rings. The van der Waals surface area contributed by atoms with Crippen LogP contribution in [0.5, 0.6) is 12.0 Å². The van der Waals surface area contributed by atoms with E-state index in [4.69, 9.17) is 9.47 Å². The third kappa shape index (κ3) is 4.64. The third-order valence-corrected chi connectivity index (χ3v) is 2.92. The number of aromatic nitrogens is 3. The number of anilines is 1. The van der Waals surface area contributed by atoms with Crippen molar-refractivity contribution in [3.8, 4) is 12.0 Å². The lowest BCUT2D eigenvalue weighted by atomic mass is 10.2. The van der Waals surface area contributed by atoms with E-state index in [9.17, 15) is 0 Å². The van der Waals surface area contributed by atoms with Gasteiger partial charge in [-0.3, -0.25) is 0 Å². The van der Waals surface area contributed by atoms with E-state index in [1.807, 2.05) is 11.8 Å². The molecule has 0 saturated heterocycles. The highest BCUT2D eigenvalue weighted by atomic mass is 32.2. The summed E-state index contributed by atoms with van der Waals surface area (Å²) < 4.78 is 9.93. The van der Waals surface area contributed by atoms with Crippen LogP contribution in [0.3, 0.4) is 0 Å². The molecule has 1 unspecified atom stereocenters. The van der Waals surface area contributed by atoms with E-state index in [1.54, 1.807) is 0 Å². The molecule has 0 aliphatic carbocycles. The molecule has 0 radical (unpaired) electrons. The van der Waals surface area contributed by atoms with E-state index in [0.29, 0.717) is 11.9 Å². The van der Waals surface area contributed by atoms with Crippen molar-refractivity contribution in [2.45, 2.75) is 6.92 Å². The number of methoxy groups -OCH3 is 2. The summed E-state index contributed by atoms with van der Waals surface area (Å²) in [7, 11) is 3.02. The van der Waals surface area contributed by atoms with Gasteiger partial charge in [-0.15, -0.1) is 4.98 Å². The van der Waals surface area contributed by atoms with Gasteiger partial charge in [-0.2, -0.15) is 21.7 Å². The van der Waals surface area contributed by atoms with Crippen LogP contribution >= 0.6 is 11.8 Å². The number of ether oxygens (including phenoxy) is 2. The summed E-state index contributed by atoms with van der Waals surface area (Å²) in [5.74, 6) is 2.10. The number of nitrogens with one attached hydrogen (secondary N) is 1. The van der Waals surface area contributed by atoms with Gasteiger partial charge in [-0.25, -0.2) is 0 Å². The molecule has 6 nitrogen and oxygen atoms in total. The molecule has 7 heteroatoms. The van der Waals surface area contributed by atoms with Gasteiger partial charge in [0.2, 0.25) is 5.95 Å². The summed E-state index contributed by atoms with van der Waals surface area (Å²) in [5, 5.41) is 3.14. The van der Waals surface area contributed by atoms with Crippen molar-refractivity contribution in [1.82, 2.24) is 15.0 Å². The van der Waals surface area contributed by atoms with Crippen molar-refractivity contribution in [3.63, 3.8) is 0 Å². The maximum absolute atomic E-state index is 4.97. The normalized spacial score (nSPS) is 12.0. The topological polar surface area (TPSA) is 69.2 Å². The maximum Gasteiger partial charge on any atom is 0.324 e. The summed E-state index contributed by atoms with van der Waals surface area (Å²) in [6, 6.07) is 0.494. The van der Waals surface area contributed by atoms with E-state index < -0.39 is 0 Å². The van der Waals surface area contributed by atoms with Gasteiger partial charge in [0.15, 0.2) is 0 Å². The fraction of sp³-hybridized carbons (Fsp3) is 0.700. The Morgan fingerprint density at radius 2 is 1.76 bits per heavy atom. The second-order valence-corrected chi connectivity index (χ2v) is 4.48. The fourth-order valence-electron chi connectivity index (χ4n) is 1.21. The fourth-order valence-corrected chi connectivity index (χ4v) is 1.90. The maximum atomic E-state index is 4.97. The average molecular weight is 258 g/mol. The minimum absolute atomic E-state index is 0.247. The quantitative estimate of drug-likeness (QED) is 0.790. The Labute approximate surface area is 106 Å². The standard InChI is InChI=1S/C10H18N4O2S/c1-7(6-17-4)5-11-8-12-9(15-2)14-10(13-8)16-3/h7H,5-6H2,1-4H3,(H,11,12,13,14). The molecule has 1 N–H and O–H groups in total. The zero-order valence-electron chi connectivity index (χ0n) is 10.6. The van der Waals surface area contributed by atoms with Crippen molar-refractivity contribution in [3.05, 3.63) is 0 Å². The van der Waals surface area contributed by atoms with Crippen LogP contribution in [0.1, 0.15) is 6.92 Å². The monoisotopic (exact) mass is 258 g/mol. The van der Waals surface area contributed by atoms with Gasteiger partial charge in [0.25, 0.3) is 0 Å². The molecule has 0 saturated carbocycles. The first-order chi connectivity index (χ1) is 8.19. The molecule has 1 heterocycles. The first kappa shape index (κ1) is 13.8. The average Bonchev–Trinajstić information content (AvgIpc) is 2.36. The molecule has 0 fully saturated rings. The molecule has 0 aromatic carbocycles. The lowest BCUT2D eigenvalue weighted by Gasteiger charge is -2.11. The molecule has 0 amide bonds. The van der Waals surface area contributed by atoms with Gasteiger partial charge in [0.1, 0.15) is 0 Å². The summed E-state index contributed by atoms with van der Waals surface area (Å²) in [6.07, 6.45) is 2.09. The number of thioether (sulfide) groups is 1. The second-order valence-electron chi connectivity index (χ2n) is 3.57. The summed E-state index contributed by atoms with van der Waals surface area (Å²) in [4.78, 5) is 12.1. The van der Waals surface area contributed by atoms with E-state index in [-0.39, 0.29) is 12.0 Å². The minimum atomic E-state index is 0.247. The molecule has 96 valence electrons. The highest BCUT2D eigenvalue weighted by molar-refractivity contribution is 7.98. The van der Waals surface area contributed by atoms with Gasteiger partial charge in [-0.1, -0.05) is 6.92 Å². The predicted molar refractivity (Wildman–Crippen MR) is 69.0 cm³/mol. The first-order valence-corrected chi connectivity index (χ1v) is 6.65. The molecular formula is C10H18N4O2S. The Bertz CT molecular complexity index is 329. The summed E-state index contributed by atoms with van der Waals surface area (Å²) in [6.45, 7) is 2.97. The van der Waals surface area contributed by atoms with Crippen molar-refractivity contribution < 1.29 is 9.47 Å². The number of rotatable bonds is 7. The van der Waals surface area contributed by atoms with E-state index in [1.165, 1.54) is 14.2 Å². The molecule has 0 spiro atoms. The highest BCUT2D eigenvalue weighted by Gasteiger charge is 2.08. The van der Waals surface area contributed by atoms with E-state index >= 15 is 0 Å². The summed E-state index contributed by atoms with van der Waals surface area (Å²) >= 11 is 1.82. The molecule has 0 aliphatic heterocycles. The number of hydrogen-bond donors (Lipinski definition) is 1. The van der Waals surface area contributed by atoms with Gasteiger partial charge in [0.05, 0.1) is 14.2 Å². The Balaban J connectivity index is 2.63. The van der Waals surface area contributed by atoms with Crippen molar-refractivity contribution >= 4 is 17.7 Å². The molecule has 1 atom stereocenters. The van der Waals surface area contributed by atoms with E-state index in [2.05, 4.69) is 33.4 Å². The van der Waals surface area contributed by atoms with Crippen LogP contribution in [-0.4, -0.2) is 47.7 Å². The highest BCUT2D eigenvalue weighted by Crippen LogP contribution is 2.13. The van der Waals surface area contributed by atoms with Gasteiger partial charge >= 0.3 is 12.0 Å². The van der Waals surface area contributed by atoms with Crippen LogP contribution < -0.4 is 14.8 Å². The van der Waals surface area contributed by atoms with Gasteiger partial charge < -0.3 is 14.8 Å². The number of nitrogens with zero attached hydrogens (tertiary/aromatic N) is 3. The zero-order valence-corrected chi connectivity index (χ0v) is 11.4. The van der Waals surface area contributed by atoms with Crippen molar-refractivity contribution in [1.29, 1.82) is 0 Å².